The van der Waals surface area contributed by atoms with Gasteiger partial charge in [0, 0.05) is 12.8 Å². The maximum Gasteiger partial charge on any atom is 0.328 e. The van der Waals surface area contributed by atoms with E-state index in [1.54, 1.807) is 24.3 Å². The van der Waals surface area contributed by atoms with Crippen molar-refractivity contribution in [1.29, 1.82) is 0 Å². The van der Waals surface area contributed by atoms with Crippen LogP contribution in [0.5, 0.6) is 0 Å². The fourth-order valence-electron chi connectivity index (χ4n) is 4.92. The summed E-state index contributed by atoms with van der Waals surface area (Å²) in [4.78, 5) is 51.4. The summed E-state index contributed by atoms with van der Waals surface area (Å²) in [5.74, 6) is -3.31. The molecule has 0 saturated carbocycles. The molecule has 4 rings (SSSR count). The first kappa shape index (κ1) is 26.3. The average Bonchev–Trinajstić information content (AvgIpc) is 3.01. The number of carbonyl (C=O) groups is 4. The lowest BCUT2D eigenvalue weighted by Gasteiger charge is -2.43. The van der Waals surface area contributed by atoms with Crippen molar-refractivity contribution in [3.05, 3.63) is 71.8 Å². The Hall–Kier alpha value is -3.73. The molecular formula is C26H29N3O7S. The molecule has 0 bridgehead atoms. The summed E-state index contributed by atoms with van der Waals surface area (Å²) in [7, 11) is -4.11. The summed E-state index contributed by atoms with van der Waals surface area (Å²) in [5.41, 5.74) is 1.72. The molecule has 0 radical (unpaired) electrons. The number of aliphatic carboxylic acids is 1. The number of hydrogen-bond acceptors (Lipinski definition) is 6. The molecule has 0 aromatic heterocycles. The van der Waals surface area contributed by atoms with Crippen LogP contribution in [0.4, 0.5) is 0 Å². The minimum atomic E-state index is -4.11. The highest BCUT2D eigenvalue weighted by atomic mass is 32.2. The number of rotatable bonds is 9. The second-order valence-electron chi connectivity index (χ2n) is 9.81. The van der Waals surface area contributed by atoms with Gasteiger partial charge in [0.05, 0.1) is 0 Å². The molecule has 11 heteroatoms. The molecule has 2 aliphatic rings. The Morgan fingerprint density at radius 3 is 2.14 bits per heavy atom. The minimum Gasteiger partial charge on any atom is -0.480 e. The SMILES string of the molecule is CC1(C)[C@H](C(=O)O)N2C(=O)[C@@H](NC(=O)[C@H](Cc3ccccc3)NC(=O)CCc3ccccc3)[C@H]2S1(=O)=O. The van der Waals surface area contributed by atoms with Crippen LogP contribution < -0.4 is 10.6 Å². The van der Waals surface area contributed by atoms with Crippen molar-refractivity contribution in [2.24, 2.45) is 0 Å². The molecule has 3 amide bonds. The van der Waals surface area contributed by atoms with Gasteiger partial charge in [-0.1, -0.05) is 60.7 Å². The summed E-state index contributed by atoms with van der Waals surface area (Å²) >= 11 is 0. The van der Waals surface area contributed by atoms with E-state index in [9.17, 15) is 32.7 Å². The summed E-state index contributed by atoms with van der Waals surface area (Å²) in [6.07, 6.45) is 0.716. The third-order valence-corrected chi connectivity index (χ3v) is 9.84. The Kier molecular flexibility index (Phi) is 7.09. The van der Waals surface area contributed by atoms with Gasteiger partial charge in [0.15, 0.2) is 15.2 Å². The topological polar surface area (TPSA) is 150 Å². The number of fused-ring (bicyclic) bond motifs is 1. The van der Waals surface area contributed by atoms with E-state index in [1.807, 2.05) is 36.4 Å². The lowest BCUT2D eigenvalue weighted by Crippen LogP contribution is -2.73. The Morgan fingerprint density at radius 2 is 1.57 bits per heavy atom. The zero-order chi connectivity index (χ0) is 27.0. The number of amides is 3. The van der Waals surface area contributed by atoms with E-state index in [-0.39, 0.29) is 18.7 Å². The molecule has 2 aliphatic heterocycles. The van der Waals surface area contributed by atoms with Gasteiger partial charge in [-0.15, -0.1) is 0 Å². The number of β-lactam (4-membered cyclic amide) rings is 1. The van der Waals surface area contributed by atoms with Crippen molar-refractivity contribution in [3.63, 3.8) is 0 Å². The first-order chi connectivity index (χ1) is 17.4. The number of carboxylic acid groups (broad SMARTS) is 1. The lowest BCUT2D eigenvalue weighted by atomic mass is 9.95. The van der Waals surface area contributed by atoms with Gasteiger partial charge in [-0.05, 0) is 31.4 Å². The van der Waals surface area contributed by atoms with Crippen molar-refractivity contribution < 1.29 is 32.7 Å². The van der Waals surface area contributed by atoms with Crippen molar-refractivity contribution in [2.45, 2.75) is 61.4 Å². The number of benzene rings is 2. The summed E-state index contributed by atoms with van der Waals surface area (Å²) in [6, 6.07) is 14.3. The predicted octanol–water partition coefficient (Wildman–Crippen LogP) is 0.660. The predicted molar refractivity (Wildman–Crippen MR) is 134 cm³/mol. The number of aryl methyl sites for hydroxylation is 1. The highest BCUT2D eigenvalue weighted by Crippen LogP contribution is 2.45. The van der Waals surface area contributed by atoms with E-state index in [2.05, 4.69) is 10.6 Å². The van der Waals surface area contributed by atoms with E-state index in [0.717, 1.165) is 16.0 Å². The van der Waals surface area contributed by atoms with Crippen molar-refractivity contribution in [1.82, 2.24) is 15.5 Å². The van der Waals surface area contributed by atoms with Gasteiger partial charge >= 0.3 is 5.97 Å². The van der Waals surface area contributed by atoms with Crippen LogP contribution in [0.15, 0.2) is 60.7 Å². The first-order valence-electron chi connectivity index (χ1n) is 11.9. The van der Waals surface area contributed by atoms with Crippen molar-refractivity contribution >= 4 is 33.5 Å². The van der Waals surface area contributed by atoms with E-state index in [4.69, 9.17) is 0 Å². The van der Waals surface area contributed by atoms with Crippen molar-refractivity contribution in [2.75, 3.05) is 0 Å². The molecule has 4 atom stereocenters. The van der Waals surface area contributed by atoms with Gasteiger partial charge < -0.3 is 20.6 Å². The highest BCUT2D eigenvalue weighted by molar-refractivity contribution is 7.94. The van der Waals surface area contributed by atoms with Crippen LogP contribution in [-0.2, 0) is 41.9 Å². The summed E-state index contributed by atoms with van der Waals surface area (Å²) < 4.78 is 24.5. The van der Waals surface area contributed by atoms with E-state index in [1.165, 1.54) is 13.8 Å². The maximum atomic E-state index is 13.3. The molecule has 2 saturated heterocycles. The molecule has 3 N–H and O–H groups in total. The van der Waals surface area contributed by atoms with Crippen LogP contribution in [0.1, 0.15) is 31.4 Å². The molecule has 37 heavy (non-hydrogen) atoms. The number of carboxylic acids is 1. The standard InChI is InChI=1S/C26H29N3O7S/c1-26(2)21(25(33)34)29-23(32)20(24(29)37(26,35)36)28-22(31)18(15-17-11-7-4-8-12-17)27-19(30)14-13-16-9-5-3-6-10-16/h3-12,18,20-21,24H,13-15H2,1-2H3,(H,27,30)(H,28,31)(H,33,34)/t18-,20+,21-,24+/m0/s1. The molecule has 196 valence electrons. The third kappa shape index (κ3) is 4.83. The van der Waals surface area contributed by atoms with Crippen LogP contribution in [0, 0.1) is 0 Å². The summed E-state index contributed by atoms with van der Waals surface area (Å²) in [6.45, 7) is 2.52. The Bertz CT molecular complexity index is 1310. The molecule has 0 aliphatic carbocycles. The van der Waals surface area contributed by atoms with Crippen molar-refractivity contribution in [3.8, 4) is 0 Å². The molecule has 10 nitrogen and oxygen atoms in total. The van der Waals surface area contributed by atoms with E-state index >= 15 is 0 Å². The third-order valence-electron chi connectivity index (χ3n) is 7.02. The smallest absolute Gasteiger partial charge is 0.328 e. The van der Waals surface area contributed by atoms with Crippen LogP contribution in [-0.4, -0.2) is 70.4 Å². The number of hydrogen-bond donors (Lipinski definition) is 3. The first-order valence-corrected chi connectivity index (χ1v) is 13.5. The normalized spacial score (nSPS) is 23.9. The average molecular weight is 528 g/mol. The molecule has 0 spiro atoms. The number of nitrogens with one attached hydrogen (secondary N) is 2. The van der Waals surface area contributed by atoms with Gasteiger partial charge in [0.25, 0.3) is 0 Å². The lowest BCUT2D eigenvalue weighted by molar-refractivity contribution is -0.161. The number of nitrogens with zero attached hydrogens (tertiary/aromatic N) is 1. The number of carbonyl (C=O) groups excluding carboxylic acids is 3. The molecule has 2 aromatic carbocycles. The van der Waals surface area contributed by atoms with Gasteiger partial charge in [0.2, 0.25) is 17.7 Å². The maximum absolute atomic E-state index is 13.3. The monoisotopic (exact) mass is 527 g/mol. The Labute approximate surface area is 215 Å². The molecule has 2 fully saturated rings. The molecule has 2 aromatic rings. The van der Waals surface area contributed by atoms with Gasteiger partial charge in [0.1, 0.15) is 22.9 Å². The van der Waals surface area contributed by atoms with Gasteiger partial charge in [-0.3, -0.25) is 14.4 Å². The fraction of sp³-hybridized carbons (Fsp3) is 0.385. The second-order valence-corrected chi connectivity index (χ2v) is 12.4. The molecule has 0 unspecified atom stereocenters. The van der Waals surface area contributed by atoms with Crippen LogP contribution in [0.25, 0.3) is 0 Å². The van der Waals surface area contributed by atoms with Crippen LogP contribution in [0.2, 0.25) is 0 Å². The van der Waals surface area contributed by atoms with Gasteiger partial charge in [-0.25, -0.2) is 13.2 Å². The van der Waals surface area contributed by atoms with Crippen LogP contribution in [0.3, 0.4) is 0 Å². The van der Waals surface area contributed by atoms with E-state index < -0.39 is 55.9 Å². The number of sulfone groups is 1. The van der Waals surface area contributed by atoms with Gasteiger partial charge in [-0.2, -0.15) is 0 Å². The quantitative estimate of drug-likeness (QED) is 0.406. The zero-order valence-electron chi connectivity index (χ0n) is 20.5. The fourth-order valence-corrected chi connectivity index (χ4v) is 7.14. The summed E-state index contributed by atoms with van der Waals surface area (Å²) in [5, 5.41) is 13.3. The van der Waals surface area contributed by atoms with E-state index in [0.29, 0.717) is 6.42 Å². The van der Waals surface area contributed by atoms with Crippen LogP contribution >= 0.6 is 0 Å². The Morgan fingerprint density at radius 1 is 1.00 bits per heavy atom. The second kappa shape index (κ2) is 9.97. The molecule has 2 heterocycles. The highest BCUT2D eigenvalue weighted by Gasteiger charge is 2.72. The Balaban J connectivity index is 1.50. The largest absolute Gasteiger partial charge is 0.480 e. The molecular weight excluding hydrogens is 498 g/mol. The minimum absolute atomic E-state index is 0.120. The zero-order valence-corrected chi connectivity index (χ0v) is 21.3.